The molecule has 2 saturated heterocycles. The Morgan fingerprint density at radius 2 is 1.07 bits per heavy atom. The van der Waals surface area contributed by atoms with E-state index in [1.54, 1.807) is 36.9 Å². The lowest BCUT2D eigenvalue weighted by Crippen LogP contribution is -2.29. The van der Waals surface area contributed by atoms with Crippen LogP contribution in [0.2, 0.25) is 0 Å². The third-order valence-corrected chi connectivity index (χ3v) is 10.7. The number of imidazole rings is 2. The number of pyridine rings is 1. The molecular weight excluding hydrogens is 763 g/mol. The molecule has 0 aliphatic carbocycles. The SMILES string of the molecule is NC(=O)c1cc(-c2cnc(Nc3ccc(N4CCCCC4)cc3)c3nccn23)co1.NC(=O)c1cc(-c2cnc(Nc3ccc(N4CCCCC4)nc3)c3nccn23)co1. The molecule has 304 valence electrons. The van der Waals surface area contributed by atoms with Crippen LogP contribution in [-0.2, 0) is 0 Å². The number of nitrogens with two attached hydrogens (primary N) is 2. The standard InChI is InChI=1S/C22H22N6O2.C21H21N7O2/c23-20(29)19-12-15(14-30-19)18-13-25-21(22-24-8-11-28(18)22)26-16-4-6-17(7-5-16)27-9-2-1-3-10-27;22-19(29)17-10-14(13-30-17)16-12-25-20(21-23-6-9-28(16)21)26-15-4-5-18(24-11-15)27-7-2-1-3-8-27/h4-8,11-14H,1-3,9-10H2,(H2,23,29)(H,25,26);4-6,9-13H,1-3,7-8H2,(H2,22,29)(H,25,26). The van der Waals surface area contributed by atoms with Gasteiger partial charge in [0.15, 0.2) is 34.5 Å². The summed E-state index contributed by atoms with van der Waals surface area (Å²) in [6, 6.07) is 15.6. The first kappa shape index (κ1) is 37.9. The number of amides is 2. The number of benzene rings is 1. The number of carbonyl (C=O) groups excluding carboxylic acids is 2. The lowest BCUT2D eigenvalue weighted by Gasteiger charge is -2.28. The zero-order valence-corrected chi connectivity index (χ0v) is 32.7. The Kier molecular flexibility index (Phi) is 10.5. The van der Waals surface area contributed by atoms with Crippen molar-refractivity contribution in [2.24, 2.45) is 11.5 Å². The molecule has 0 unspecified atom stereocenters. The monoisotopic (exact) mass is 805 g/mol. The molecule has 2 fully saturated rings. The summed E-state index contributed by atoms with van der Waals surface area (Å²) in [5, 5.41) is 6.65. The summed E-state index contributed by atoms with van der Waals surface area (Å²) < 4.78 is 14.2. The average molecular weight is 806 g/mol. The van der Waals surface area contributed by atoms with E-state index < -0.39 is 11.8 Å². The fourth-order valence-electron chi connectivity index (χ4n) is 7.59. The Hall–Kier alpha value is -7.69. The Balaban J connectivity index is 0.000000154. The molecule has 0 bridgehead atoms. The van der Waals surface area contributed by atoms with Crippen LogP contribution in [0.15, 0.2) is 113 Å². The van der Waals surface area contributed by atoms with E-state index in [2.05, 4.69) is 69.6 Å². The third-order valence-electron chi connectivity index (χ3n) is 10.7. The number of primary amides is 2. The van der Waals surface area contributed by atoms with E-state index in [-0.39, 0.29) is 11.5 Å². The molecule has 8 aromatic rings. The molecule has 2 aliphatic heterocycles. The van der Waals surface area contributed by atoms with Gasteiger partial charge in [0, 0.05) is 73.5 Å². The summed E-state index contributed by atoms with van der Waals surface area (Å²) in [5.41, 5.74) is 17.8. The largest absolute Gasteiger partial charge is 0.458 e. The summed E-state index contributed by atoms with van der Waals surface area (Å²) in [5.74, 6) is 1.23. The average Bonchev–Trinajstić information content (AvgIpc) is 4.13. The van der Waals surface area contributed by atoms with Crippen molar-refractivity contribution in [1.82, 2.24) is 33.7 Å². The second kappa shape index (κ2) is 16.7. The molecule has 1 aromatic carbocycles. The predicted octanol–water partition coefficient (Wildman–Crippen LogP) is 7.04. The maximum absolute atomic E-state index is 11.3. The molecule has 6 N–H and O–H groups in total. The van der Waals surface area contributed by atoms with Crippen LogP contribution in [-0.4, -0.2) is 71.7 Å². The van der Waals surface area contributed by atoms with E-state index in [1.165, 1.54) is 56.7 Å². The van der Waals surface area contributed by atoms with Gasteiger partial charge in [0.05, 0.1) is 35.7 Å². The zero-order valence-electron chi connectivity index (χ0n) is 32.7. The van der Waals surface area contributed by atoms with Gasteiger partial charge in [0.2, 0.25) is 0 Å². The van der Waals surface area contributed by atoms with Crippen LogP contribution < -0.4 is 31.9 Å². The van der Waals surface area contributed by atoms with Crippen LogP contribution in [0.1, 0.15) is 59.6 Å². The summed E-state index contributed by atoms with van der Waals surface area (Å²) in [7, 11) is 0. The van der Waals surface area contributed by atoms with Crippen molar-refractivity contribution >= 4 is 57.6 Å². The minimum atomic E-state index is -0.616. The first-order valence-electron chi connectivity index (χ1n) is 19.9. The highest BCUT2D eigenvalue weighted by molar-refractivity contribution is 5.92. The van der Waals surface area contributed by atoms with Crippen LogP contribution in [0, 0.1) is 0 Å². The molecule has 0 saturated carbocycles. The lowest BCUT2D eigenvalue weighted by molar-refractivity contribution is 0.0966. The predicted molar refractivity (Wildman–Crippen MR) is 228 cm³/mol. The molecule has 0 radical (unpaired) electrons. The van der Waals surface area contributed by atoms with Gasteiger partial charge in [-0.2, -0.15) is 0 Å². The fourth-order valence-corrected chi connectivity index (χ4v) is 7.59. The molecule has 7 aromatic heterocycles. The number of hydrogen-bond acceptors (Lipinski definition) is 13. The minimum Gasteiger partial charge on any atom is -0.458 e. The van der Waals surface area contributed by atoms with Crippen LogP contribution in [0.3, 0.4) is 0 Å². The van der Waals surface area contributed by atoms with Gasteiger partial charge >= 0.3 is 0 Å². The molecule has 0 atom stereocenters. The maximum Gasteiger partial charge on any atom is 0.284 e. The van der Waals surface area contributed by atoms with Crippen LogP contribution in [0.4, 0.5) is 34.5 Å². The van der Waals surface area contributed by atoms with Gasteiger partial charge in [0.25, 0.3) is 11.8 Å². The first-order chi connectivity index (χ1) is 29.4. The number of carbonyl (C=O) groups is 2. The quantitative estimate of drug-likeness (QED) is 0.109. The number of fused-ring (bicyclic) bond motifs is 2. The molecular formula is C43H43N13O4. The van der Waals surface area contributed by atoms with Gasteiger partial charge in [-0.05, 0) is 87.1 Å². The van der Waals surface area contributed by atoms with Gasteiger partial charge in [-0.25, -0.2) is 24.9 Å². The molecule has 0 spiro atoms. The van der Waals surface area contributed by atoms with E-state index in [4.69, 9.17) is 20.3 Å². The molecule has 17 nitrogen and oxygen atoms in total. The highest BCUT2D eigenvalue weighted by Crippen LogP contribution is 2.30. The Morgan fingerprint density at radius 1 is 0.567 bits per heavy atom. The number of anilines is 6. The second-order valence-electron chi connectivity index (χ2n) is 14.7. The Morgan fingerprint density at radius 3 is 1.55 bits per heavy atom. The molecule has 2 amide bonds. The van der Waals surface area contributed by atoms with Gasteiger partial charge in [0.1, 0.15) is 18.3 Å². The van der Waals surface area contributed by atoms with Crippen molar-refractivity contribution in [2.45, 2.75) is 38.5 Å². The van der Waals surface area contributed by atoms with Crippen LogP contribution >= 0.6 is 0 Å². The molecule has 2 aliphatic rings. The number of rotatable bonds is 10. The highest BCUT2D eigenvalue weighted by Gasteiger charge is 2.18. The van der Waals surface area contributed by atoms with E-state index in [9.17, 15) is 9.59 Å². The van der Waals surface area contributed by atoms with Crippen molar-refractivity contribution in [3.8, 4) is 22.5 Å². The summed E-state index contributed by atoms with van der Waals surface area (Å²) in [6.45, 7) is 4.36. The molecule has 60 heavy (non-hydrogen) atoms. The maximum atomic E-state index is 11.3. The van der Waals surface area contributed by atoms with Crippen molar-refractivity contribution < 1.29 is 18.4 Å². The van der Waals surface area contributed by atoms with Crippen molar-refractivity contribution in [1.29, 1.82) is 0 Å². The van der Waals surface area contributed by atoms with Gasteiger partial charge in [-0.3, -0.25) is 18.4 Å². The number of hydrogen-bond donors (Lipinski definition) is 4. The second-order valence-corrected chi connectivity index (χ2v) is 14.7. The van der Waals surface area contributed by atoms with E-state index in [0.717, 1.165) is 54.8 Å². The first-order valence-corrected chi connectivity index (χ1v) is 19.9. The van der Waals surface area contributed by atoms with Crippen molar-refractivity contribution in [3.05, 3.63) is 116 Å². The summed E-state index contributed by atoms with van der Waals surface area (Å²) in [4.78, 5) is 49.9. The van der Waals surface area contributed by atoms with Crippen molar-refractivity contribution in [3.63, 3.8) is 0 Å². The molecule has 17 heteroatoms. The Labute approximate surface area is 344 Å². The summed E-state index contributed by atoms with van der Waals surface area (Å²) >= 11 is 0. The summed E-state index contributed by atoms with van der Waals surface area (Å²) in [6.07, 6.45) is 22.8. The van der Waals surface area contributed by atoms with Crippen LogP contribution in [0.5, 0.6) is 0 Å². The Bertz CT molecular complexity index is 2570. The zero-order chi connectivity index (χ0) is 41.0. The normalized spacial score (nSPS) is 14.2. The number of nitrogens with zero attached hydrogens (tertiary/aromatic N) is 9. The number of nitrogens with one attached hydrogen (secondary N) is 2. The van der Waals surface area contributed by atoms with Gasteiger partial charge < -0.3 is 40.7 Å². The van der Waals surface area contributed by atoms with E-state index in [0.29, 0.717) is 34.1 Å². The van der Waals surface area contributed by atoms with E-state index in [1.807, 2.05) is 39.5 Å². The van der Waals surface area contributed by atoms with Gasteiger partial charge in [-0.1, -0.05) is 0 Å². The number of aromatic nitrogens is 7. The number of piperidine rings is 2. The van der Waals surface area contributed by atoms with Gasteiger partial charge in [-0.15, -0.1) is 0 Å². The third kappa shape index (κ3) is 7.92. The van der Waals surface area contributed by atoms with E-state index >= 15 is 0 Å². The lowest BCUT2D eigenvalue weighted by atomic mass is 10.1. The minimum absolute atomic E-state index is 0.0975. The smallest absolute Gasteiger partial charge is 0.284 e. The topological polar surface area (TPSA) is 216 Å². The van der Waals surface area contributed by atoms with Crippen LogP contribution in [0.25, 0.3) is 33.8 Å². The molecule has 10 rings (SSSR count). The highest BCUT2D eigenvalue weighted by atomic mass is 16.3. The molecule has 9 heterocycles. The van der Waals surface area contributed by atoms with Crippen molar-refractivity contribution in [2.75, 3.05) is 46.6 Å². The fraction of sp³-hybridized carbons (Fsp3) is 0.233. The number of furan rings is 2.